The van der Waals surface area contributed by atoms with Crippen LogP contribution >= 0.6 is 0 Å². The molecule has 25 heavy (non-hydrogen) atoms. The molecule has 1 fully saturated rings. The van der Waals surface area contributed by atoms with Gasteiger partial charge in [-0.25, -0.2) is 8.78 Å². The van der Waals surface area contributed by atoms with Crippen LogP contribution in [-0.4, -0.2) is 48.7 Å². The number of carboxylic acids is 1. The zero-order valence-corrected chi connectivity index (χ0v) is 14.4. The first-order valence-electron chi connectivity index (χ1n) is 8.24. The molecule has 1 aromatic rings. The minimum absolute atomic E-state index is 0.0330. The summed E-state index contributed by atoms with van der Waals surface area (Å²) in [5.41, 5.74) is -0.833. The molecule has 1 saturated heterocycles. The number of halogens is 2. The number of ether oxygens (including phenoxy) is 1. The lowest BCUT2D eigenvalue weighted by molar-refractivity contribution is -0.159. The van der Waals surface area contributed by atoms with E-state index in [-0.39, 0.29) is 31.0 Å². The van der Waals surface area contributed by atoms with Crippen molar-refractivity contribution in [1.29, 1.82) is 0 Å². The molecule has 2 atom stereocenters. The molecular formula is C18H23F2NO4. The van der Waals surface area contributed by atoms with Gasteiger partial charge in [0.1, 0.15) is 17.0 Å². The van der Waals surface area contributed by atoms with Crippen LogP contribution in [0.15, 0.2) is 18.2 Å². The highest BCUT2D eigenvalue weighted by molar-refractivity contribution is 5.80. The Balaban J connectivity index is 2.08. The van der Waals surface area contributed by atoms with Crippen LogP contribution in [0.5, 0.6) is 0 Å². The van der Waals surface area contributed by atoms with Crippen molar-refractivity contribution in [2.75, 3.05) is 26.8 Å². The van der Waals surface area contributed by atoms with Gasteiger partial charge in [0.05, 0.1) is 6.61 Å². The van der Waals surface area contributed by atoms with Gasteiger partial charge in [-0.05, 0) is 30.4 Å². The molecule has 0 saturated carbocycles. The highest BCUT2D eigenvalue weighted by Gasteiger charge is 2.43. The van der Waals surface area contributed by atoms with Crippen LogP contribution in [0.2, 0.25) is 0 Å². The van der Waals surface area contributed by atoms with Crippen molar-refractivity contribution in [1.82, 2.24) is 4.90 Å². The summed E-state index contributed by atoms with van der Waals surface area (Å²) in [7, 11) is 1.44. The normalized spacial score (nSPS) is 21.8. The lowest BCUT2D eigenvalue weighted by Gasteiger charge is -2.39. The molecule has 1 heterocycles. The van der Waals surface area contributed by atoms with Gasteiger partial charge in [0, 0.05) is 32.7 Å². The molecule has 1 aliphatic rings. The molecule has 1 aliphatic heterocycles. The number of hydrogen-bond donors (Lipinski definition) is 1. The first-order chi connectivity index (χ1) is 11.8. The molecule has 1 N–H and O–H groups in total. The molecule has 138 valence electrons. The monoisotopic (exact) mass is 355 g/mol. The van der Waals surface area contributed by atoms with Gasteiger partial charge in [0.15, 0.2) is 0 Å². The zero-order chi connectivity index (χ0) is 18.6. The van der Waals surface area contributed by atoms with E-state index in [1.807, 2.05) is 0 Å². The van der Waals surface area contributed by atoms with Gasteiger partial charge >= 0.3 is 5.97 Å². The summed E-state index contributed by atoms with van der Waals surface area (Å²) in [5.74, 6) is -3.00. The Morgan fingerprint density at radius 3 is 2.72 bits per heavy atom. The first kappa shape index (κ1) is 19.3. The van der Waals surface area contributed by atoms with Crippen LogP contribution in [0.1, 0.15) is 37.7 Å². The summed E-state index contributed by atoms with van der Waals surface area (Å²) >= 11 is 0. The van der Waals surface area contributed by atoms with Crippen LogP contribution in [0.25, 0.3) is 0 Å². The predicted octanol–water partition coefficient (Wildman–Crippen LogP) is 2.80. The van der Waals surface area contributed by atoms with Crippen LogP contribution in [0, 0.1) is 17.0 Å². The Morgan fingerprint density at radius 1 is 1.40 bits per heavy atom. The second-order valence-electron chi connectivity index (χ2n) is 6.71. The number of benzene rings is 1. The van der Waals surface area contributed by atoms with Gasteiger partial charge in [0.2, 0.25) is 5.91 Å². The molecule has 0 aromatic heterocycles. The maximum Gasteiger partial charge on any atom is 0.313 e. The van der Waals surface area contributed by atoms with Gasteiger partial charge in [-0.3, -0.25) is 9.59 Å². The van der Waals surface area contributed by atoms with E-state index in [1.165, 1.54) is 18.1 Å². The van der Waals surface area contributed by atoms with Crippen LogP contribution < -0.4 is 0 Å². The minimum atomic E-state index is -1.10. The maximum atomic E-state index is 13.9. The molecule has 0 bridgehead atoms. The van der Waals surface area contributed by atoms with Crippen LogP contribution in [0.4, 0.5) is 8.78 Å². The maximum absolute atomic E-state index is 13.9. The SMILES string of the molecule is COCC1(C(=O)O)CCCN(C(=O)CC(C)c2ccc(F)cc2F)C1. The summed E-state index contributed by atoms with van der Waals surface area (Å²) in [5, 5.41) is 9.54. The largest absolute Gasteiger partial charge is 0.481 e. The molecule has 0 aliphatic carbocycles. The number of aliphatic carboxylic acids is 1. The number of likely N-dealkylation sites (tertiary alicyclic amines) is 1. The smallest absolute Gasteiger partial charge is 0.313 e. The molecule has 1 amide bonds. The fourth-order valence-electron chi connectivity index (χ4n) is 3.38. The molecule has 5 nitrogen and oxygen atoms in total. The minimum Gasteiger partial charge on any atom is -0.481 e. The van der Waals surface area contributed by atoms with Gasteiger partial charge in [-0.1, -0.05) is 13.0 Å². The topological polar surface area (TPSA) is 66.8 Å². The number of nitrogens with zero attached hydrogens (tertiary/aromatic N) is 1. The Bertz CT molecular complexity index is 648. The van der Waals surface area contributed by atoms with Gasteiger partial charge in [-0.15, -0.1) is 0 Å². The van der Waals surface area contributed by atoms with E-state index >= 15 is 0 Å². The molecule has 0 spiro atoms. The number of carbonyl (C=O) groups excluding carboxylic acids is 1. The summed E-state index contributed by atoms with van der Waals surface area (Å²) in [6.07, 6.45) is 1.05. The van der Waals surface area contributed by atoms with Crippen LogP contribution in [-0.2, 0) is 14.3 Å². The van der Waals surface area contributed by atoms with Crippen molar-refractivity contribution in [3.8, 4) is 0 Å². The lowest BCUT2D eigenvalue weighted by Crippen LogP contribution is -2.52. The van der Waals surface area contributed by atoms with E-state index < -0.39 is 28.9 Å². The average Bonchev–Trinajstić information content (AvgIpc) is 2.55. The number of amides is 1. The first-order valence-corrected chi connectivity index (χ1v) is 8.24. The van der Waals surface area contributed by atoms with E-state index in [0.717, 1.165) is 12.1 Å². The second-order valence-corrected chi connectivity index (χ2v) is 6.71. The van der Waals surface area contributed by atoms with E-state index in [0.29, 0.717) is 19.4 Å². The van der Waals surface area contributed by atoms with Crippen LogP contribution in [0.3, 0.4) is 0 Å². The van der Waals surface area contributed by atoms with E-state index in [9.17, 15) is 23.5 Å². The lowest BCUT2D eigenvalue weighted by atomic mass is 9.80. The Morgan fingerprint density at radius 2 is 2.12 bits per heavy atom. The Labute approximate surface area is 145 Å². The Hall–Kier alpha value is -2.02. The highest BCUT2D eigenvalue weighted by atomic mass is 19.1. The number of carboxylic acid groups (broad SMARTS) is 1. The van der Waals surface area contributed by atoms with Gasteiger partial charge in [-0.2, -0.15) is 0 Å². The fraction of sp³-hybridized carbons (Fsp3) is 0.556. The number of carbonyl (C=O) groups is 2. The molecule has 2 rings (SSSR count). The third kappa shape index (κ3) is 4.34. The molecule has 1 aromatic carbocycles. The second kappa shape index (κ2) is 7.91. The quantitative estimate of drug-likeness (QED) is 0.852. The Kier molecular flexibility index (Phi) is 6.11. The van der Waals surface area contributed by atoms with E-state index in [1.54, 1.807) is 6.92 Å². The third-order valence-electron chi connectivity index (χ3n) is 4.78. The number of piperidine rings is 1. The zero-order valence-electron chi connectivity index (χ0n) is 14.4. The number of hydrogen-bond acceptors (Lipinski definition) is 3. The third-order valence-corrected chi connectivity index (χ3v) is 4.78. The average molecular weight is 355 g/mol. The summed E-state index contributed by atoms with van der Waals surface area (Å²) < 4.78 is 31.9. The van der Waals surface area contributed by atoms with Crippen molar-refractivity contribution < 1.29 is 28.2 Å². The fourth-order valence-corrected chi connectivity index (χ4v) is 3.38. The molecule has 0 radical (unpaired) electrons. The summed E-state index contributed by atoms with van der Waals surface area (Å²) in [6.45, 7) is 2.27. The van der Waals surface area contributed by atoms with Gasteiger partial charge < -0.3 is 14.7 Å². The molecule has 2 unspecified atom stereocenters. The van der Waals surface area contributed by atoms with Crippen molar-refractivity contribution in [2.45, 2.75) is 32.1 Å². The van der Waals surface area contributed by atoms with Crippen molar-refractivity contribution in [3.05, 3.63) is 35.4 Å². The molecule has 7 heteroatoms. The van der Waals surface area contributed by atoms with Gasteiger partial charge in [0.25, 0.3) is 0 Å². The number of rotatable bonds is 6. The van der Waals surface area contributed by atoms with E-state index in [2.05, 4.69) is 0 Å². The van der Waals surface area contributed by atoms with Crippen molar-refractivity contribution in [3.63, 3.8) is 0 Å². The highest BCUT2D eigenvalue weighted by Crippen LogP contribution is 2.32. The van der Waals surface area contributed by atoms with Crippen molar-refractivity contribution in [2.24, 2.45) is 5.41 Å². The standard InChI is InChI=1S/C18H23F2NO4/c1-12(14-5-4-13(19)9-15(14)20)8-16(22)21-7-3-6-18(10-21,11-25-2)17(23)24/h4-5,9,12H,3,6-8,10-11H2,1-2H3,(H,23,24). The molecular weight excluding hydrogens is 332 g/mol. The van der Waals surface area contributed by atoms with E-state index in [4.69, 9.17) is 4.74 Å². The number of methoxy groups -OCH3 is 1. The van der Waals surface area contributed by atoms with Crippen molar-refractivity contribution >= 4 is 11.9 Å². The summed E-state index contributed by atoms with van der Waals surface area (Å²) in [6, 6.07) is 3.30. The predicted molar refractivity (Wildman–Crippen MR) is 87.1 cm³/mol. The summed E-state index contributed by atoms with van der Waals surface area (Å²) in [4.78, 5) is 25.7.